The van der Waals surface area contributed by atoms with E-state index in [2.05, 4.69) is 61.3 Å². The standard InChI is InChI=1S/C16H26N2/c1-4-17-16(2,3)13-18-11-10-15(12-18)14-8-6-5-7-9-14/h5-9,15,17H,4,10-13H2,1-3H3. The van der Waals surface area contributed by atoms with Gasteiger partial charge in [0.1, 0.15) is 0 Å². The topological polar surface area (TPSA) is 15.3 Å². The third kappa shape index (κ3) is 3.56. The fourth-order valence-corrected chi connectivity index (χ4v) is 3.07. The van der Waals surface area contributed by atoms with E-state index in [1.807, 2.05) is 0 Å². The summed E-state index contributed by atoms with van der Waals surface area (Å²) in [6.45, 7) is 11.4. The molecule has 1 fully saturated rings. The molecule has 1 unspecified atom stereocenters. The van der Waals surface area contributed by atoms with Gasteiger partial charge < -0.3 is 10.2 Å². The van der Waals surface area contributed by atoms with Crippen LogP contribution in [0.4, 0.5) is 0 Å². The summed E-state index contributed by atoms with van der Waals surface area (Å²) in [5.74, 6) is 0.726. The average molecular weight is 246 g/mol. The van der Waals surface area contributed by atoms with Crippen molar-refractivity contribution in [3.8, 4) is 0 Å². The fraction of sp³-hybridized carbons (Fsp3) is 0.625. The Hall–Kier alpha value is -0.860. The summed E-state index contributed by atoms with van der Waals surface area (Å²) in [5, 5.41) is 3.56. The molecule has 1 aliphatic rings. The van der Waals surface area contributed by atoms with Crippen LogP contribution in [0.5, 0.6) is 0 Å². The molecule has 18 heavy (non-hydrogen) atoms. The van der Waals surface area contributed by atoms with E-state index in [4.69, 9.17) is 0 Å². The van der Waals surface area contributed by atoms with Gasteiger partial charge in [0, 0.05) is 18.6 Å². The lowest BCUT2D eigenvalue weighted by atomic mass is 9.99. The Labute approximate surface area is 111 Å². The summed E-state index contributed by atoms with van der Waals surface area (Å²) in [6.07, 6.45) is 1.30. The second-order valence-corrected chi connectivity index (χ2v) is 6.05. The predicted octanol–water partition coefficient (Wildman–Crippen LogP) is 2.86. The molecule has 0 radical (unpaired) electrons. The van der Waals surface area contributed by atoms with Gasteiger partial charge in [0.25, 0.3) is 0 Å². The molecular weight excluding hydrogens is 220 g/mol. The van der Waals surface area contributed by atoms with E-state index in [1.165, 1.54) is 25.1 Å². The molecule has 2 nitrogen and oxygen atoms in total. The maximum Gasteiger partial charge on any atom is 0.0252 e. The minimum Gasteiger partial charge on any atom is -0.311 e. The van der Waals surface area contributed by atoms with Crippen LogP contribution in [0, 0.1) is 0 Å². The Morgan fingerprint density at radius 3 is 2.67 bits per heavy atom. The van der Waals surface area contributed by atoms with Crippen molar-refractivity contribution in [1.82, 2.24) is 10.2 Å². The molecule has 1 saturated heterocycles. The highest BCUT2D eigenvalue weighted by molar-refractivity contribution is 5.21. The van der Waals surface area contributed by atoms with Crippen LogP contribution in [0.2, 0.25) is 0 Å². The quantitative estimate of drug-likeness (QED) is 0.859. The van der Waals surface area contributed by atoms with E-state index >= 15 is 0 Å². The minimum absolute atomic E-state index is 0.223. The van der Waals surface area contributed by atoms with E-state index in [1.54, 1.807) is 0 Å². The minimum atomic E-state index is 0.223. The van der Waals surface area contributed by atoms with Crippen molar-refractivity contribution in [3.05, 3.63) is 35.9 Å². The highest BCUT2D eigenvalue weighted by Gasteiger charge is 2.28. The van der Waals surface area contributed by atoms with Gasteiger partial charge in [0.2, 0.25) is 0 Å². The molecule has 1 aliphatic heterocycles. The highest BCUT2D eigenvalue weighted by atomic mass is 15.2. The van der Waals surface area contributed by atoms with Crippen LogP contribution in [0.15, 0.2) is 30.3 Å². The first-order valence-electron chi connectivity index (χ1n) is 7.13. The zero-order valence-corrected chi connectivity index (χ0v) is 11.9. The van der Waals surface area contributed by atoms with E-state index < -0.39 is 0 Å². The van der Waals surface area contributed by atoms with Crippen LogP contribution in [0.1, 0.15) is 38.7 Å². The molecule has 0 aromatic heterocycles. The van der Waals surface area contributed by atoms with Gasteiger partial charge in [-0.25, -0.2) is 0 Å². The van der Waals surface area contributed by atoms with Crippen molar-refractivity contribution in [2.24, 2.45) is 0 Å². The number of hydrogen-bond acceptors (Lipinski definition) is 2. The summed E-state index contributed by atoms with van der Waals surface area (Å²) >= 11 is 0. The first-order valence-corrected chi connectivity index (χ1v) is 7.13. The number of rotatable bonds is 5. The molecular formula is C16H26N2. The van der Waals surface area contributed by atoms with E-state index in [9.17, 15) is 0 Å². The SMILES string of the molecule is CCNC(C)(C)CN1CCC(c2ccccc2)C1. The molecule has 2 rings (SSSR count). The van der Waals surface area contributed by atoms with Crippen molar-refractivity contribution in [2.45, 2.75) is 38.6 Å². The maximum atomic E-state index is 3.56. The summed E-state index contributed by atoms with van der Waals surface area (Å²) in [5.41, 5.74) is 1.72. The molecule has 0 amide bonds. The van der Waals surface area contributed by atoms with Crippen LogP contribution < -0.4 is 5.32 Å². The van der Waals surface area contributed by atoms with Crippen LogP contribution in [0.3, 0.4) is 0 Å². The number of nitrogens with zero attached hydrogens (tertiary/aromatic N) is 1. The maximum absolute atomic E-state index is 3.56. The van der Waals surface area contributed by atoms with E-state index in [-0.39, 0.29) is 5.54 Å². The average Bonchev–Trinajstić information content (AvgIpc) is 2.77. The van der Waals surface area contributed by atoms with Gasteiger partial charge in [0.05, 0.1) is 0 Å². The zero-order valence-electron chi connectivity index (χ0n) is 11.9. The molecule has 1 atom stereocenters. The Kier molecular flexibility index (Phi) is 4.41. The number of nitrogens with one attached hydrogen (secondary N) is 1. The van der Waals surface area contributed by atoms with E-state index in [0.717, 1.165) is 19.0 Å². The Morgan fingerprint density at radius 2 is 2.00 bits per heavy atom. The molecule has 0 saturated carbocycles. The smallest absolute Gasteiger partial charge is 0.0252 e. The summed E-state index contributed by atoms with van der Waals surface area (Å²) in [6, 6.07) is 10.9. The third-order valence-corrected chi connectivity index (χ3v) is 3.82. The lowest BCUT2D eigenvalue weighted by Crippen LogP contribution is -2.48. The van der Waals surface area contributed by atoms with Gasteiger partial charge in [-0.2, -0.15) is 0 Å². The molecule has 100 valence electrons. The van der Waals surface area contributed by atoms with Crippen molar-refractivity contribution in [1.29, 1.82) is 0 Å². The predicted molar refractivity (Wildman–Crippen MR) is 78.0 cm³/mol. The van der Waals surface area contributed by atoms with Crippen LogP contribution >= 0.6 is 0 Å². The van der Waals surface area contributed by atoms with Gasteiger partial charge in [-0.15, -0.1) is 0 Å². The van der Waals surface area contributed by atoms with Gasteiger partial charge in [0.15, 0.2) is 0 Å². The number of likely N-dealkylation sites (N-methyl/N-ethyl adjacent to an activating group) is 1. The lowest BCUT2D eigenvalue weighted by Gasteiger charge is -2.31. The first kappa shape index (κ1) is 13.6. The largest absolute Gasteiger partial charge is 0.311 e. The lowest BCUT2D eigenvalue weighted by molar-refractivity contribution is 0.236. The molecule has 1 aromatic carbocycles. The van der Waals surface area contributed by atoms with Gasteiger partial charge in [-0.3, -0.25) is 0 Å². The molecule has 0 bridgehead atoms. The number of benzene rings is 1. The summed E-state index contributed by atoms with van der Waals surface area (Å²) in [4.78, 5) is 2.60. The van der Waals surface area contributed by atoms with Crippen molar-refractivity contribution in [3.63, 3.8) is 0 Å². The molecule has 1 heterocycles. The molecule has 0 aliphatic carbocycles. The molecule has 0 spiro atoms. The fourth-order valence-electron chi connectivity index (χ4n) is 3.07. The Morgan fingerprint density at radius 1 is 1.28 bits per heavy atom. The van der Waals surface area contributed by atoms with Gasteiger partial charge in [-0.05, 0) is 44.8 Å². The molecule has 1 N–H and O–H groups in total. The Balaban J connectivity index is 1.89. The van der Waals surface area contributed by atoms with Crippen molar-refractivity contribution < 1.29 is 0 Å². The van der Waals surface area contributed by atoms with Gasteiger partial charge >= 0.3 is 0 Å². The normalized spacial score (nSPS) is 21.4. The Bertz CT molecular complexity index is 359. The van der Waals surface area contributed by atoms with Crippen LogP contribution in [-0.4, -0.2) is 36.6 Å². The summed E-state index contributed by atoms with van der Waals surface area (Å²) in [7, 11) is 0. The second-order valence-electron chi connectivity index (χ2n) is 6.05. The molecule has 2 heteroatoms. The van der Waals surface area contributed by atoms with Crippen molar-refractivity contribution >= 4 is 0 Å². The van der Waals surface area contributed by atoms with Crippen LogP contribution in [-0.2, 0) is 0 Å². The zero-order chi connectivity index (χ0) is 13.0. The highest BCUT2D eigenvalue weighted by Crippen LogP contribution is 2.27. The molecule has 1 aromatic rings. The number of likely N-dealkylation sites (tertiary alicyclic amines) is 1. The second kappa shape index (κ2) is 5.85. The van der Waals surface area contributed by atoms with E-state index in [0.29, 0.717) is 0 Å². The third-order valence-electron chi connectivity index (χ3n) is 3.82. The first-order chi connectivity index (χ1) is 8.61. The monoisotopic (exact) mass is 246 g/mol. The number of hydrogen-bond donors (Lipinski definition) is 1. The van der Waals surface area contributed by atoms with Crippen molar-refractivity contribution in [2.75, 3.05) is 26.2 Å². The summed E-state index contributed by atoms with van der Waals surface area (Å²) < 4.78 is 0. The van der Waals surface area contributed by atoms with Gasteiger partial charge in [-0.1, -0.05) is 37.3 Å². The van der Waals surface area contributed by atoms with Crippen LogP contribution in [0.25, 0.3) is 0 Å².